The van der Waals surface area contributed by atoms with Crippen LogP contribution in [0.3, 0.4) is 0 Å². The van der Waals surface area contributed by atoms with Crippen molar-refractivity contribution in [3.05, 3.63) is 130 Å². The largest absolute Gasteiger partial charge is 0.507 e. The number of carbonyl (C=O) groups is 2. The number of para-hydroxylation sites is 1. The predicted molar refractivity (Wildman–Crippen MR) is 142 cm³/mol. The fraction of sp³-hybridized carbons (Fsp3) is 0.0690. The lowest BCUT2D eigenvalue weighted by molar-refractivity contribution is -0.140. The zero-order chi connectivity index (χ0) is 25.9. The van der Waals surface area contributed by atoms with Gasteiger partial charge in [-0.15, -0.1) is 0 Å². The summed E-state index contributed by atoms with van der Waals surface area (Å²) in [5.74, 6) is -0.745. The standard InChI is InChI=1S/C29H20Cl2N2O4/c30-23-13-12-19(16-24(23)31)27(34)25-26(33(29(36)28(25)35)17-20-8-4-5-14-32-20)18-7-6-11-22(15-18)37-21-9-2-1-3-10-21/h1-16,26,34H,17H2/b27-25-. The maximum absolute atomic E-state index is 13.3. The van der Waals surface area contributed by atoms with E-state index in [0.29, 0.717) is 27.8 Å². The van der Waals surface area contributed by atoms with Crippen molar-refractivity contribution in [1.29, 1.82) is 0 Å². The number of aliphatic hydroxyl groups excluding tert-OH is 1. The summed E-state index contributed by atoms with van der Waals surface area (Å²) in [6.07, 6.45) is 1.62. The van der Waals surface area contributed by atoms with E-state index in [2.05, 4.69) is 4.98 Å². The molecule has 1 aliphatic heterocycles. The third-order valence-corrected chi connectivity index (χ3v) is 6.68. The number of rotatable bonds is 6. The minimum atomic E-state index is -0.893. The number of hydrogen-bond acceptors (Lipinski definition) is 5. The summed E-state index contributed by atoms with van der Waals surface area (Å²) >= 11 is 12.2. The van der Waals surface area contributed by atoms with E-state index in [1.807, 2.05) is 30.3 Å². The van der Waals surface area contributed by atoms with Gasteiger partial charge in [0, 0.05) is 11.8 Å². The zero-order valence-electron chi connectivity index (χ0n) is 19.3. The summed E-state index contributed by atoms with van der Waals surface area (Å²) in [7, 11) is 0. The van der Waals surface area contributed by atoms with Crippen LogP contribution < -0.4 is 4.74 Å². The molecule has 37 heavy (non-hydrogen) atoms. The molecule has 1 N–H and O–H groups in total. The smallest absolute Gasteiger partial charge is 0.296 e. The van der Waals surface area contributed by atoms with Gasteiger partial charge in [0.15, 0.2) is 0 Å². The van der Waals surface area contributed by atoms with Gasteiger partial charge in [0.2, 0.25) is 0 Å². The van der Waals surface area contributed by atoms with E-state index >= 15 is 0 Å². The number of ether oxygens (including phenoxy) is 1. The van der Waals surface area contributed by atoms with Gasteiger partial charge in [0.1, 0.15) is 17.3 Å². The van der Waals surface area contributed by atoms with E-state index in [9.17, 15) is 14.7 Å². The maximum Gasteiger partial charge on any atom is 0.296 e. The van der Waals surface area contributed by atoms with Crippen LogP contribution in [0.4, 0.5) is 0 Å². The van der Waals surface area contributed by atoms with E-state index < -0.39 is 17.7 Å². The molecule has 1 aliphatic rings. The van der Waals surface area contributed by atoms with E-state index in [1.54, 1.807) is 54.7 Å². The Bertz CT molecular complexity index is 1510. The highest BCUT2D eigenvalue weighted by atomic mass is 35.5. The number of ketones is 1. The number of hydrogen-bond donors (Lipinski definition) is 1. The number of benzene rings is 3. The van der Waals surface area contributed by atoms with Gasteiger partial charge in [-0.1, -0.05) is 59.6 Å². The molecule has 0 saturated carbocycles. The van der Waals surface area contributed by atoms with Crippen molar-refractivity contribution in [1.82, 2.24) is 9.88 Å². The minimum absolute atomic E-state index is 0.0591. The number of Topliss-reactive ketones (excluding diaryl/α,β-unsaturated/α-hetero) is 1. The number of aliphatic hydroxyl groups is 1. The first-order valence-electron chi connectivity index (χ1n) is 11.4. The molecular weight excluding hydrogens is 511 g/mol. The highest BCUT2D eigenvalue weighted by molar-refractivity contribution is 6.46. The van der Waals surface area contributed by atoms with E-state index in [4.69, 9.17) is 27.9 Å². The van der Waals surface area contributed by atoms with Gasteiger partial charge in [-0.3, -0.25) is 14.6 Å². The second-order valence-corrected chi connectivity index (χ2v) is 9.18. The van der Waals surface area contributed by atoms with Gasteiger partial charge >= 0.3 is 0 Å². The van der Waals surface area contributed by atoms with Crippen LogP contribution in [0.5, 0.6) is 11.5 Å². The van der Waals surface area contributed by atoms with E-state index in [1.165, 1.54) is 17.0 Å². The van der Waals surface area contributed by atoms with Crippen molar-refractivity contribution in [3.63, 3.8) is 0 Å². The molecule has 184 valence electrons. The summed E-state index contributed by atoms with van der Waals surface area (Å²) in [5.41, 5.74) is 1.40. The average molecular weight is 531 g/mol. The second-order valence-electron chi connectivity index (χ2n) is 8.36. The summed E-state index contributed by atoms with van der Waals surface area (Å²) in [5, 5.41) is 11.8. The number of amides is 1. The van der Waals surface area contributed by atoms with Crippen LogP contribution in [-0.4, -0.2) is 26.7 Å². The molecule has 6 nitrogen and oxygen atoms in total. The lowest BCUT2D eigenvalue weighted by Crippen LogP contribution is -2.29. The van der Waals surface area contributed by atoms with Crippen LogP contribution >= 0.6 is 23.2 Å². The highest BCUT2D eigenvalue weighted by Crippen LogP contribution is 2.41. The predicted octanol–water partition coefficient (Wildman–Crippen LogP) is 6.80. The van der Waals surface area contributed by atoms with Crippen LogP contribution in [0.25, 0.3) is 5.76 Å². The number of aromatic nitrogens is 1. The second kappa shape index (κ2) is 10.5. The van der Waals surface area contributed by atoms with Crippen molar-refractivity contribution in [3.8, 4) is 11.5 Å². The van der Waals surface area contributed by atoms with E-state index in [-0.39, 0.29) is 28.5 Å². The number of pyridine rings is 1. The SMILES string of the molecule is O=C1C(=O)N(Cc2ccccn2)C(c2cccc(Oc3ccccc3)c2)/C1=C(/O)c1ccc(Cl)c(Cl)c1. The summed E-state index contributed by atoms with van der Waals surface area (Å²) in [4.78, 5) is 32.3. The first-order chi connectivity index (χ1) is 17.9. The van der Waals surface area contributed by atoms with Crippen LogP contribution in [0.1, 0.15) is 22.9 Å². The number of likely N-dealkylation sites (tertiary alicyclic amines) is 1. The molecular formula is C29H20Cl2N2O4. The van der Waals surface area contributed by atoms with Gasteiger partial charge < -0.3 is 14.7 Å². The van der Waals surface area contributed by atoms with Crippen molar-refractivity contribution < 1.29 is 19.4 Å². The zero-order valence-corrected chi connectivity index (χ0v) is 20.9. The normalized spacial score (nSPS) is 16.7. The molecule has 1 aromatic heterocycles. The Kier molecular flexibility index (Phi) is 6.95. The molecule has 1 amide bonds. The van der Waals surface area contributed by atoms with Crippen molar-refractivity contribution in [2.75, 3.05) is 0 Å². The Balaban J connectivity index is 1.62. The van der Waals surface area contributed by atoms with Gasteiger partial charge in [-0.2, -0.15) is 0 Å². The average Bonchev–Trinajstić information content (AvgIpc) is 3.16. The molecule has 0 aliphatic carbocycles. The fourth-order valence-electron chi connectivity index (χ4n) is 4.23. The third-order valence-electron chi connectivity index (χ3n) is 5.94. The minimum Gasteiger partial charge on any atom is -0.507 e. The van der Waals surface area contributed by atoms with Crippen molar-refractivity contribution in [2.45, 2.75) is 12.6 Å². The Hall–Kier alpha value is -4.13. The molecule has 0 radical (unpaired) electrons. The first-order valence-corrected chi connectivity index (χ1v) is 12.1. The molecule has 1 atom stereocenters. The molecule has 1 fully saturated rings. The van der Waals surface area contributed by atoms with Gasteiger partial charge in [-0.05, 0) is 60.2 Å². The summed E-state index contributed by atoms with van der Waals surface area (Å²) in [6.45, 7) is 0.0675. The van der Waals surface area contributed by atoms with Crippen LogP contribution in [-0.2, 0) is 16.1 Å². The monoisotopic (exact) mass is 530 g/mol. The number of halogens is 2. The molecule has 1 unspecified atom stereocenters. The van der Waals surface area contributed by atoms with Crippen molar-refractivity contribution in [2.24, 2.45) is 0 Å². The van der Waals surface area contributed by atoms with E-state index in [0.717, 1.165) is 0 Å². The number of nitrogens with zero attached hydrogens (tertiary/aromatic N) is 2. The molecule has 2 heterocycles. The lowest BCUT2D eigenvalue weighted by atomic mass is 9.95. The molecule has 0 bridgehead atoms. The van der Waals surface area contributed by atoms with Crippen molar-refractivity contribution >= 4 is 40.7 Å². The molecule has 0 spiro atoms. The molecule has 1 saturated heterocycles. The fourth-order valence-corrected chi connectivity index (χ4v) is 4.53. The van der Waals surface area contributed by atoms with Gasteiger partial charge in [0.05, 0.1) is 33.9 Å². The Labute approximate surface area is 223 Å². The molecule has 5 rings (SSSR count). The molecule has 4 aromatic rings. The van der Waals surface area contributed by atoms with Crippen LogP contribution in [0.15, 0.2) is 103 Å². The Morgan fingerprint density at radius 1 is 0.865 bits per heavy atom. The third kappa shape index (κ3) is 5.07. The number of carbonyl (C=O) groups excluding carboxylic acids is 2. The van der Waals surface area contributed by atoms with Gasteiger partial charge in [-0.25, -0.2) is 0 Å². The highest BCUT2D eigenvalue weighted by Gasteiger charge is 2.46. The Morgan fingerprint density at radius 2 is 1.62 bits per heavy atom. The van der Waals surface area contributed by atoms with Crippen LogP contribution in [0, 0.1) is 0 Å². The molecule has 3 aromatic carbocycles. The quantitative estimate of drug-likeness (QED) is 0.168. The maximum atomic E-state index is 13.3. The molecule has 8 heteroatoms. The summed E-state index contributed by atoms with van der Waals surface area (Å²) in [6, 6.07) is 25.3. The van der Waals surface area contributed by atoms with Gasteiger partial charge in [0.25, 0.3) is 11.7 Å². The van der Waals surface area contributed by atoms with Crippen LogP contribution in [0.2, 0.25) is 10.0 Å². The first kappa shape index (κ1) is 24.6. The Morgan fingerprint density at radius 3 is 2.35 bits per heavy atom. The lowest BCUT2D eigenvalue weighted by Gasteiger charge is -2.25. The topological polar surface area (TPSA) is 79.7 Å². The summed E-state index contributed by atoms with van der Waals surface area (Å²) < 4.78 is 5.98.